The molecule has 0 aliphatic carbocycles. The van der Waals surface area contributed by atoms with E-state index < -0.39 is 0 Å². The minimum absolute atomic E-state index is 0.0141. The van der Waals surface area contributed by atoms with Crippen molar-refractivity contribution in [2.24, 2.45) is 5.92 Å². The summed E-state index contributed by atoms with van der Waals surface area (Å²) in [6.07, 6.45) is 1.05. The molecular weight excluding hydrogens is 269 g/mol. The van der Waals surface area contributed by atoms with Crippen molar-refractivity contribution in [3.05, 3.63) is 30.1 Å². The molecule has 1 aliphatic rings. The molecule has 116 valence electrons. The van der Waals surface area contributed by atoms with Crippen LogP contribution in [0.1, 0.15) is 20.3 Å². The van der Waals surface area contributed by atoms with Gasteiger partial charge < -0.3 is 15.1 Å². The molecule has 1 N–H and O–H groups in total. The number of urea groups is 1. The Balaban J connectivity index is 1.80. The highest BCUT2D eigenvalue weighted by molar-refractivity contribution is 5.74. The molecule has 1 aromatic rings. The van der Waals surface area contributed by atoms with Crippen molar-refractivity contribution in [1.29, 1.82) is 0 Å². The molecule has 0 saturated carbocycles. The Morgan fingerprint density at radius 2 is 2.00 bits per heavy atom. The fraction of sp³-hybridized carbons (Fsp3) is 0.562. The summed E-state index contributed by atoms with van der Waals surface area (Å²) in [7, 11) is 0. The molecule has 0 aromatic heterocycles. The molecule has 1 atom stereocenters. The highest BCUT2D eigenvalue weighted by Crippen LogP contribution is 2.23. The highest BCUT2D eigenvalue weighted by Gasteiger charge is 2.23. The largest absolute Gasteiger partial charge is 0.371 e. The topological polar surface area (TPSA) is 35.6 Å². The van der Waals surface area contributed by atoms with Crippen LogP contribution in [0, 0.1) is 11.7 Å². The van der Waals surface area contributed by atoms with E-state index in [4.69, 9.17) is 0 Å². The summed E-state index contributed by atoms with van der Waals surface area (Å²) < 4.78 is 12.9. The van der Waals surface area contributed by atoms with E-state index >= 15 is 0 Å². The van der Waals surface area contributed by atoms with Crippen LogP contribution in [0.25, 0.3) is 0 Å². The minimum atomic E-state index is -0.207. The van der Waals surface area contributed by atoms with E-state index in [1.165, 1.54) is 12.1 Å². The Kier molecular flexibility index (Phi) is 5.42. The van der Waals surface area contributed by atoms with Gasteiger partial charge in [0, 0.05) is 38.4 Å². The Morgan fingerprint density at radius 1 is 1.33 bits per heavy atom. The third-order valence-corrected chi connectivity index (χ3v) is 4.07. The quantitative estimate of drug-likeness (QED) is 0.906. The zero-order valence-electron chi connectivity index (χ0n) is 12.8. The van der Waals surface area contributed by atoms with Crippen molar-refractivity contribution in [3.63, 3.8) is 0 Å². The average Bonchev–Trinajstić information content (AvgIpc) is 2.96. The third-order valence-electron chi connectivity index (χ3n) is 4.07. The van der Waals surface area contributed by atoms with E-state index in [1.54, 1.807) is 4.90 Å². The van der Waals surface area contributed by atoms with Gasteiger partial charge in [-0.1, -0.05) is 0 Å². The monoisotopic (exact) mass is 293 g/mol. The number of halogens is 1. The predicted octanol–water partition coefficient (Wildman–Crippen LogP) is 2.70. The number of nitrogens with one attached hydrogen (secondary N) is 1. The second-order valence-electron chi connectivity index (χ2n) is 5.44. The lowest BCUT2D eigenvalue weighted by atomic mass is 10.1. The Bertz CT molecular complexity index is 459. The first-order valence-corrected chi connectivity index (χ1v) is 7.67. The van der Waals surface area contributed by atoms with Crippen LogP contribution in [0.15, 0.2) is 24.3 Å². The Labute approximate surface area is 125 Å². The molecule has 0 bridgehead atoms. The molecule has 4 nitrogen and oxygen atoms in total. The van der Waals surface area contributed by atoms with Gasteiger partial charge in [-0.3, -0.25) is 0 Å². The van der Waals surface area contributed by atoms with Gasteiger partial charge in [0.25, 0.3) is 0 Å². The number of rotatable bonds is 5. The smallest absolute Gasteiger partial charge is 0.317 e. The van der Waals surface area contributed by atoms with Crippen molar-refractivity contribution in [1.82, 2.24) is 10.2 Å². The lowest BCUT2D eigenvalue weighted by Crippen LogP contribution is -2.42. The molecule has 1 saturated heterocycles. The van der Waals surface area contributed by atoms with Crippen molar-refractivity contribution in [2.75, 3.05) is 37.6 Å². The summed E-state index contributed by atoms with van der Waals surface area (Å²) in [6.45, 7) is 7.99. The van der Waals surface area contributed by atoms with Crippen LogP contribution in [-0.4, -0.2) is 43.7 Å². The molecule has 1 unspecified atom stereocenters. The molecule has 0 radical (unpaired) electrons. The first-order chi connectivity index (χ1) is 10.1. The summed E-state index contributed by atoms with van der Waals surface area (Å²) in [5, 5.41) is 3.01. The molecule has 21 heavy (non-hydrogen) atoms. The standard InChI is InChI=1S/C16H24FN3O/c1-3-19(4-2)16(21)18-11-13-9-10-20(12-13)15-7-5-14(17)6-8-15/h5-8,13H,3-4,9-12H2,1-2H3,(H,18,21). The normalized spacial score (nSPS) is 17.9. The first-order valence-electron chi connectivity index (χ1n) is 7.67. The van der Waals surface area contributed by atoms with Crippen molar-refractivity contribution < 1.29 is 9.18 Å². The second-order valence-corrected chi connectivity index (χ2v) is 5.44. The van der Waals surface area contributed by atoms with Crippen molar-refractivity contribution in [3.8, 4) is 0 Å². The van der Waals surface area contributed by atoms with Gasteiger partial charge in [0.1, 0.15) is 5.82 Å². The van der Waals surface area contributed by atoms with Gasteiger partial charge in [-0.25, -0.2) is 9.18 Å². The van der Waals surface area contributed by atoms with Crippen LogP contribution in [0.3, 0.4) is 0 Å². The number of carbonyl (C=O) groups is 1. The maximum absolute atomic E-state index is 12.9. The van der Waals surface area contributed by atoms with Crippen LogP contribution in [0.2, 0.25) is 0 Å². The van der Waals surface area contributed by atoms with Crippen LogP contribution in [0.4, 0.5) is 14.9 Å². The predicted molar refractivity (Wildman–Crippen MR) is 83.0 cm³/mol. The summed E-state index contributed by atoms with van der Waals surface area (Å²) in [5.41, 5.74) is 1.05. The van der Waals surface area contributed by atoms with E-state index in [-0.39, 0.29) is 11.8 Å². The number of benzene rings is 1. The fourth-order valence-electron chi connectivity index (χ4n) is 2.74. The molecule has 1 aliphatic heterocycles. The van der Waals surface area contributed by atoms with Crippen LogP contribution < -0.4 is 10.2 Å². The van der Waals surface area contributed by atoms with Crippen LogP contribution >= 0.6 is 0 Å². The molecule has 2 rings (SSSR count). The van der Waals surface area contributed by atoms with Crippen LogP contribution in [-0.2, 0) is 0 Å². The molecule has 1 heterocycles. The zero-order chi connectivity index (χ0) is 15.2. The second kappa shape index (κ2) is 7.29. The van der Waals surface area contributed by atoms with E-state index in [0.29, 0.717) is 12.5 Å². The highest BCUT2D eigenvalue weighted by atomic mass is 19.1. The van der Waals surface area contributed by atoms with E-state index in [1.807, 2.05) is 26.0 Å². The minimum Gasteiger partial charge on any atom is -0.371 e. The Morgan fingerprint density at radius 3 is 2.62 bits per heavy atom. The molecule has 1 aromatic carbocycles. The Hall–Kier alpha value is -1.78. The maximum Gasteiger partial charge on any atom is 0.317 e. The molecule has 0 spiro atoms. The van der Waals surface area contributed by atoms with Gasteiger partial charge in [0.2, 0.25) is 0 Å². The van der Waals surface area contributed by atoms with Gasteiger partial charge in [-0.05, 0) is 50.5 Å². The molecule has 2 amide bonds. The molecule has 1 fully saturated rings. The van der Waals surface area contributed by atoms with Gasteiger partial charge in [0.15, 0.2) is 0 Å². The number of carbonyl (C=O) groups excluding carboxylic acids is 1. The van der Waals surface area contributed by atoms with Crippen LogP contribution in [0.5, 0.6) is 0 Å². The number of hydrogen-bond acceptors (Lipinski definition) is 2. The number of nitrogens with zero attached hydrogens (tertiary/aromatic N) is 2. The SMILES string of the molecule is CCN(CC)C(=O)NCC1CCN(c2ccc(F)cc2)C1. The van der Waals surface area contributed by atoms with Gasteiger partial charge in [0.05, 0.1) is 0 Å². The summed E-state index contributed by atoms with van der Waals surface area (Å²) in [6, 6.07) is 6.62. The van der Waals surface area contributed by atoms with Crippen molar-refractivity contribution >= 4 is 11.7 Å². The lowest BCUT2D eigenvalue weighted by molar-refractivity contribution is 0.201. The summed E-state index contributed by atoms with van der Waals surface area (Å²) in [5.74, 6) is 0.246. The summed E-state index contributed by atoms with van der Waals surface area (Å²) in [4.78, 5) is 15.9. The average molecular weight is 293 g/mol. The van der Waals surface area contributed by atoms with Gasteiger partial charge >= 0.3 is 6.03 Å². The maximum atomic E-state index is 12.9. The number of anilines is 1. The van der Waals surface area contributed by atoms with E-state index in [2.05, 4.69) is 10.2 Å². The van der Waals surface area contributed by atoms with Gasteiger partial charge in [-0.15, -0.1) is 0 Å². The third kappa shape index (κ3) is 4.09. The van der Waals surface area contributed by atoms with Gasteiger partial charge in [-0.2, -0.15) is 0 Å². The molecular formula is C16H24FN3O. The fourth-order valence-corrected chi connectivity index (χ4v) is 2.74. The molecule has 5 heteroatoms. The summed E-state index contributed by atoms with van der Waals surface area (Å²) >= 11 is 0. The van der Waals surface area contributed by atoms with Crippen molar-refractivity contribution in [2.45, 2.75) is 20.3 Å². The zero-order valence-corrected chi connectivity index (χ0v) is 12.8. The van der Waals surface area contributed by atoms with E-state index in [0.717, 1.165) is 38.3 Å². The number of amides is 2. The lowest BCUT2D eigenvalue weighted by Gasteiger charge is -2.21. The van der Waals surface area contributed by atoms with E-state index in [9.17, 15) is 9.18 Å². The first kappa shape index (κ1) is 15.6. The number of hydrogen-bond donors (Lipinski definition) is 1.